The zero-order valence-corrected chi connectivity index (χ0v) is 10.8. The van der Waals surface area contributed by atoms with Crippen LogP contribution in [-0.2, 0) is 0 Å². The van der Waals surface area contributed by atoms with Crippen molar-refractivity contribution >= 4 is 11.6 Å². The zero-order chi connectivity index (χ0) is 14.0. The Balaban J connectivity index is 2.39. The van der Waals surface area contributed by atoms with Crippen LogP contribution in [0.3, 0.4) is 0 Å². The number of phenols is 1. The number of benzene rings is 1. The highest BCUT2D eigenvalue weighted by atomic mass is 35.5. The lowest BCUT2D eigenvalue weighted by atomic mass is 10.0. The van der Waals surface area contributed by atoms with Gasteiger partial charge in [-0.3, -0.25) is 4.90 Å². The van der Waals surface area contributed by atoms with Gasteiger partial charge in [-0.05, 0) is 18.2 Å². The average Bonchev–Trinajstić information content (AvgIpc) is 2.33. The van der Waals surface area contributed by atoms with Crippen molar-refractivity contribution in [1.29, 1.82) is 0 Å². The van der Waals surface area contributed by atoms with Gasteiger partial charge in [-0.15, -0.1) is 0 Å². The van der Waals surface area contributed by atoms with E-state index in [0.717, 1.165) is 0 Å². The number of halogens is 4. The number of aromatic hydroxyl groups is 1. The largest absolute Gasteiger partial charge is 0.508 e. The number of nitrogens with one attached hydrogen (secondary N) is 1. The summed E-state index contributed by atoms with van der Waals surface area (Å²) in [5, 5.41) is 12.9. The van der Waals surface area contributed by atoms with Crippen molar-refractivity contribution in [3.63, 3.8) is 0 Å². The van der Waals surface area contributed by atoms with Crippen molar-refractivity contribution in [2.45, 2.75) is 12.2 Å². The lowest BCUT2D eigenvalue weighted by Gasteiger charge is -2.36. The normalized spacial score (nSPS) is 19.4. The van der Waals surface area contributed by atoms with Gasteiger partial charge in [-0.2, -0.15) is 13.2 Å². The number of alkyl halides is 3. The third-order valence-corrected chi connectivity index (χ3v) is 3.35. The molecule has 7 heteroatoms. The molecule has 1 saturated heterocycles. The van der Waals surface area contributed by atoms with E-state index < -0.39 is 12.2 Å². The molecule has 0 radical (unpaired) electrons. The summed E-state index contributed by atoms with van der Waals surface area (Å²) in [7, 11) is 0. The van der Waals surface area contributed by atoms with E-state index in [9.17, 15) is 18.3 Å². The van der Waals surface area contributed by atoms with E-state index >= 15 is 0 Å². The monoisotopic (exact) mass is 294 g/mol. The second-order valence-electron chi connectivity index (χ2n) is 4.43. The minimum absolute atomic E-state index is 0.178. The van der Waals surface area contributed by atoms with E-state index in [1.165, 1.54) is 23.1 Å². The van der Waals surface area contributed by atoms with Crippen LogP contribution in [-0.4, -0.2) is 42.4 Å². The third-order valence-electron chi connectivity index (χ3n) is 3.11. The van der Waals surface area contributed by atoms with Gasteiger partial charge in [0.15, 0.2) is 0 Å². The van der Waals surface area contributed by atoms with Crippen LogP contribution in [0.5, 0.6) is 5.75 Å². The summed E-state index contributed by atoms with van der Waals surface area (Å²) in [5.41, 5.74) is -0.193. The third kappa shape index (κ3) is 3.32. The average molecular weight is 295 g/mol. The van der Waals surface area contributed by atoms with E-state index in [4.69, 9.17) is 11.6 Å². The van der Waals surface area contributed by atoms with Crippen molar-refractivity contribution in [2.24, 2.45) is 0 Å². The highest BCUT2D eigenvalue weighted by Crippen LogP contribution is 2.42. The van der Waals surface area contributed by atoms with Gasteiger partial charge in [0.05, 0.1) is 0 Å². The molecule has 0 amide bonds. The summed E-state index contributed by atoms with van der Waals surface area (Å²) in [4.78, 5) is 1.31. The second kappa shape index (κ2) is 5.56. The maximum atomic E-state index is 13.3. The number of rotatable bonds is 2. The van der Waals surface area contributed by atoms with E-state index in [1.54, 1.807) is 0 Å². The Kier molecular flexibility index (Phi) is 4.23. The van der Waals surface area contributed by atoms with Gasteiger partial charge in [-0.1, -0.05) is 11.6 Å². The summed E-state index contributed by atoms with van der Waals surface area (Å²) in [5.74, 6) is -0.384. The van der Waals surface area contributed by atoms with Crippen LogP contribution >= 0.6 is 11.6 Å². The van der Waals surface area contributed by atoms with E-state index in [2.05, 4.69) is 5.32 Å². The first kappa shape index (κ1) is 14.4. The van der Waals surface area contributed by atoms with Gasteiger partial charge >= 0.3 is 6.18 Å². The lowest BCUT2D eigenvalue weighted by molar-refractivity contribution is -0.188. The molecule has 1 aromatic carbocycles. The Morgan fingerprint density at radius 2 is 1.89 bits per heavy atom. The fourth-order valence-electron chi connectivity index (χ4n) is 2.26. The fourth-order valence-corrected chi connectivity index (χ4v) is 2.45. The molecule has 2 N–H and O–H groups in total. The summed E-state index contributed by atoms with van der Waals surface area (Å²) < 4.78 is 39.9. The first-order valence-electron chi connectivity index (χ1n) is 5.89. The number of phenolic OH excluding ortho intramolecular Hbond substituents is 1. The Morgan fingerprint density at radius 3 is 2.47 bits per heavy atom. The van der Waals surface area contributed by atoms with E-state index in [0.29, 0.717) is 13.1 Å². The van der Waals surface area contributed by atoms with Crippen molar-refractivity contribution < 1.29 is 18.3 Å². The predicted octanol–water partition coefficient (Wildman–Crippen LogP) is 2.55. The molecule has 1 aliphatic heterocycles. The molecule has 0 bridgehead atoms. The van der Waals surface area contributed by atoms with Gasteiger partial charge in [0, 0.05) is 36.8 Å². The highest BCUT2D eigenvalue weighted by Gasteiger charge is 2.46. The van der Waals surface area contributed by atoms with Crippen LogP contribution in [0.1, 0.15) is 11.6 Å². The van der Waals surface area contributed by atoms with Crippen LogP contribution in [0.4, 0.5) is 13.2 Å². The summed E-state index contributed by atoms with van der Waals surface area (Å²) in [6.07, 6.45) is -4.46. The van der Waals surface area contributed by atoms with Crippen molar-refractivity contribution in [2.75, 3.05) is 26.2 Å². The van der Waals surface area contributed by atoms with Crippen LogP contribution < -0.4 is 5.32 Å². The highest BCUT2D eigenvalue weighted by molar-refractivity contribution is 6.30. The summed E-state index contributed by atoms with van der Waals surface area (Å²) in [6, 6.07) is 1.91. The van der Waals surface area contributed by atoms with Crippen molar-refractivity contribution in [3.8, 4) is 5.75 Å². The molecular weight excluding hydrogens is 281 g/mol. The standard InChI is InChI=1S/C12H14ClF3N2O/c13-8-1-2-10(19)9(7-8)11(12(14,15)16)18-5-3-17-4-6-18/h1-2,7,11,17,19H,3-6H2/t11-/m0/s1. The first-order chi connectivity index (χ1) is 8.89. The minimum atomic E-state index is -4.46. The number of hydrogen-bond donors (Lipinski definition) is 2. The van der Waals surface area contributed by atoms with Crippen LogP contribution in [0.15, 0.2) is 18.2 Å². The molecule has 1 heterocycles. The Bertz CT molecular complexity index is 447. The molecule has 1 atom stereocenters. The van der Waals surface area contributed by atoms with Crippen LogP contribution in [0.25, 0.3) is 0 Å². The number of nitrogens with zero attached hydrogens (tertiary/aromatic N) is 1. The molecule has 0 aromatic heterocycles. The molecule has 1 aromatic rings. The van der Waals surface area contributed by atoms with Crippen LogP contribution in [0.2, 0.25) is 5.02 Å². The second-order valence-corrected chi connectivity index (χ2v) is 4.87. The summed E-state index contributed by atoms with van der Waals surface area (Å²) >= 11 is 5.74. The first-order valence-corrected chi connectivity index (χ1v) is 6.27. The SMILES string of the molecule is Oc1ccc(Cl)cc1[C@H](N1CCNCC1)C(F)(F)F. The predicted molar refractivity (Wildman–Crippen MR) is 66.4 cm³/mol. The zero-order valence-electron chi connectivity index (χ0n) is 10.0. The quantitative estimate of drug-likeness (QED) is 0.880. The fraction of sp³-hybridized carbons (Fsp3) is 0.500. The Labute approximate surface area is 114 Å². The van der Waals surface area contributed by atoms with E-state index in [1.807, 2.05) is 0 Å². The molecule has 2 rings (SSSR count). The van der Waals surface area contributed by atoms with Crippen molar-refractivity contribution in [3.05, 3.63) is 28.8 Å². The number of hydrogen-bond acceptors (Lipinski definition) is 3. The molecule has 0 saturated carbocycles. The molecule has 19 heavy (non-hydrogen) atoms. The van der Waals surface area contributed by atoms with Gasteiger partial charge in [0.25, 0.3) is 0 Å². The van der Waals surface area contributed by atoms with Gasteiger partial charge in [-0.25, -0.2) is 0 Å². The lowest BCUT2D eigenvalue weighted by Crippen LogP contribution is -2.49. The van der Waals surface area contributed by atoms with Gasteiger partial charge < -0.3 is 10.4 Å². The Morgan fingerprint density at radius 1 is 1.26 bits per heavy atom. The topological polar surface area (TPSA) is 35.5 Å². The van der Waals surface area contributed by atoms with Gasteiger partial charge in [0.2, 0.25) is 0 Å². The smallest absolute Gasteiger partial charge is 0.408 e. The molecule has 0 spiro atoms. The molecule has 0 aliphatic carbocycles. The minimum Gasteiger partial charge on any atom is -0.508 e. The van der Waals surface area contributed by atoms with Crippen molar-refractivity contribution in [1.82, 2.24) is 10.2 Å². The maximum Gasteiger partial charge on any atom is 0.408 e. The molecular formula is C12H14ClF3N2O. The molecule has 1 fully saturated rings. The molecule has 1 aliphatic rings. The molecule has 3 nitrogen and oxygen atoms in total. The van der Waals surface area contributed by atoms with E-state index in [-0.39, 0.29) is 29.4 Å². The molecule has 106 valence electrons. The maximum absolute atomic E-state index is 13.3. The Hall–Kier alpha value is -0.980. The van der Waals surface area contributed by atoms with Gasteiger partial charge in [0.1, 0.15) is 11.8 Å². The van der Waals surface area contributed by atoms with Crippen LogP contribution in [0, 0.1) is 0 Å². The molecule has 0 unspecified atom stereocenters. The number of piperazine rings is 1. The summed E-state index contributed by atoms with van der Waals surface area (Å²) in [6.45, 7) is 1.54.